The van der Waals surface area contributed by atoms with E-state index in [0.717, 1.165) is 0 Å². The number of phenols is 1. The molecule has 0 fully saturated rings. The zero-order valence-corrected chi connectivity index (χ0v) is 20.9. The highest BCUT2D eigenvalue weighted by Crippen LogP contribution is 2.12. The Bertz CT molecular complexity index is 933. The van der Waals surface area contributed by atoms with E-state index in [1.165, 1.54) is 12.1 Å². The summed E-state index contributed by atoms with van der Waals surface area (Å²) in [6.07, 6.45) is -0.514. The standard InChI is InChI=1S/C24H36N4O8/c1-12(2)9-17(22(33)27-18(24(35)36)11-19(30)31)26-23(34)20(13(3)4)28-21(32)16(25)10-14-5-7-15(29)8-6-14/h5-8,12-13,16-18,20,29H,9-11,25H2,1-4H3,(H,26,34)(H,27,33)(H,28,32)(H,30,31)(H,35,36). The van der Waals surface area contributed by atoms with Gasteiger partial charge in [0.15, 0.2) is 0 Å². The quantitative estimate of drug-likeness (QED) is 0.180. The second-order valence-electron chi connectivity index (χ2n) is 9.40. The molecular weight excluding hydrogens is 472 g/mol. The van der Waals surface area contributed by atoms with E-state index in [1.807, 2.05) is 0 Å². The summed E-state index contributed by atoms with van der Waals surface area (Å²) in [6, 6.07) is 1.34. The Morgan fingerprint density at radius 2 is 1.39 bits per heavy atom. The number of carboxylic acids is 2. The minimum Gasteiger partial charge on any atom is -0.508 e. The molecule has 0 spiro atoms. The lowest BCUT2D eigenvalue weighted by molar-refractivity contribution is -0.147. The minimum atomic E-state index is -1.67. The molecule has 0 aromatic heterocycles. The van der Waals surface area contributed by atoms with E-state index in [9.17, 15) is 34.2 Å². The van der Waals surface area contributed by atoms with Crippen molar-refractivity contribution in [1.29, 1.82) is 0 Å². The molecule has 0 bridgehead atoms. The predicted octanol–water partition coefficient (Wildman–Crippen LogP) is -0.0222. The molecule has 200 valence electrons. The van der Waals surface area contributed by atoms with Crippen LogP contribution in [0.2, 0.25) is 0 Å². The SMILES string of the molecule is CC(C)CC(NC(=O)C(NC(=O)C(N)Cc1ccc(O)cc1)C(C)C)C(=O)NC(CC(=O)O)C(=O)O. The van der Waals surface area contributed by atoms with Gasteiger partial charge in [-0.3, -0.25) is 19.2 Å². The van der Waals surface area contributed by atoms with Crippen molar-refractivity contribution >= 4 is 29.7 Å². The Hall–Kier alpha value is -3.67. The number of aromatic hydroxyl groups is 1. The van der Waals surface area contributed by atoms with E-state index in [1.54, 1.807) is 39.8 Å². The van der Waals surface area contributed by atoms with Gasteiger partial charge >= 0.3 is 11.9 Å². The molecule has 0 saturated heterocycles. The smallest absolute Gasteiger partial charge is 0.326 e. The van der Waals surface area contributed by atoms with Crippen LogP contribution in [0.5, 0.6) is 5.75 Å². The Morgan fingerprint density at radius 1 is 0.833 bits per heavy atom. The van der Waals surface area contributed by atoms with Crippen molar-refractivity contribution in [2.45, 2.75) is 71.1 Å². The van der Waals surface area contributed by atoms with Crippen LogP contribution in [0.15, 0.2) is 24.3 Å². The lowest BCUT2D eigenvalue weighted by atomic mass is 9.99. The number of rotatable bonds is 14. The highest BCUT2D eigenvalue weighted by molar-refractivity contribution is 5.94. The molecular formula is C24H36N4O8. The normalized spacial score (nSPS) is 14.4. The van der Waals surface area contributed by atoms with Crippen molar-refractivity contribution in [2.75, 3.05) is 0 Å². The molecule has 3 amide bonds. The number of carboxylic acid groups (broad SMARTS) is 2. The summed E-state index contributed by atoms with van der Waals surface area (Å²) in [5.74, 6) is -5.40. The fraction of sp³-hybridized carbons (Fsp3) is 0.542. The monoisotopic (exact) mass is 508 g/mol. The third-order valence-corrected chi connectivity index (χ3v) is 5.31. The highest BCUT2D eigenvalue weighted by atomic mass is 16.4. The number of benzene rings is 1. The molecule has 4 atom stereocenters. The molecule has 0 aliphatic rings. The summed E-state index contributed by atoms with van der Waals surface area (Å²) in [6.45, 7) is 6.98. The molecule has 4 unspecified atom stereocenters. The van der Waals surface area contributed by atoms with E-state index in [2.05, 4.69) is 16.0 Å². The topological polar surface area (TPSA) is 208 Å². The third kappa shape index (κ3) is 10.3. The van der Waals surface area contributed by atoms with Crippen LogP contribution in [-0.4, -0.2) is 69.1 Å². The average Bonchev–Trinajstić information content (AvgIpc) is 2.76. The molecule has 0 heterocycles. The first-order valence-corrected chi connectivity index (χ1v) is 11.6. The zero-order valence-electron chi connectivity index (χ0n) is 20.9. The van der Waals surface area contributed by atoms with Crippen LogP contribution in [0, 0.1) is 11.8 Å². The largest absolute Gasteiger partial charge is 0.508 e. The summed E-state index contributed by atoms with van der Waals surface area (Å²) in [7, 11) is 0. The molecule has 12 heteroatoms. The Balaban J connectivity index is 2.93. The Kier molecular flexibility index (Phi) is 11.8. The lowest BCUT2D eigenvalue weighted by Crippen LogP contribution is -2.58. The number of aliphatic carboxylic acids is 2. The van der Waals surface area contributed by atoms with Crippen LogP contribution in [0.1, 0.15) is 46.1 Å². The third-order valence-electron chi connectivity index (χ3n) is 5.31. The molecule has 0 radical (unpaired) electrons. The average molecular weight is 509 g/mol. The van der Waals surface area contributed by atoms with Gasteiger partial charge in [0.1, 0.15) is 23.9 Å². The summed E-state index contributed by atoms with van der Waals surface area (Å²) in [5, 5.41) is 34.8. The molecule has 0 aliphatic heterocycles. The van der Waals surface area contributed by atoms with Gasteiger partial charge in [-0.2, -0.15) is 0 Å². The number of hydrogen-bond donors (Lipinski definition) is 7. The number of nitrogens with two attached hydrogens (primary N) is 1. The van der Waals surface area contributed by atoms with Crippen LogP contribution < -0.4 is 21.7 Å². The number of carbonyl (C=O) groups excluding carboxylic acids is 3. The van der Waals surface area contributed by atoms with Gasteiger partial charge in [0, 0.05) is 0 Å². The maximum Gasteiger partial charge on any atom is 0.326 e. The summed E-state index contributed by atoms with van der Waals surface area (Å²) in [4.78, 5) is 60.7. The Labute approximate surface area is 209 Å². The van der Waals surface area contributed by atoms with Gasteiger partial charge in [0.25, 0.3) is 0 Å². The zero-order chi connectivity index (χ0) is 27.6. The van der Waals surface area contributed by atoms with Crippen molar-refractivity contribution < 1.29 is 39.3 Å². The van der Waals surface area contributed by atoms with Gasteiger partial charge < -0.3 is 37.0 Å². The molecule has 12 nitrogen and oxygen atoms in total. The molecule has 36 heavy (non-hydrogen) atoms. The highest BCUT2D eigenvalue weighted by Gasteiger charge is 2.32. The number of amides is 3. The van der Waals surface area contributed by atoms with Crippen LogP contribution in [0.4, 0.5) is 0 Å². The summed E-state index contributed by atoms with van der Waals surface area (Å²) >= 11 is 0. The predicted molar refractivity (Wildman–Crippen MR) is 130 cm³/mol. The van der Waals surface area contributed by atoms with Crippen molar-refractivity contribution in [1.82, 2.24) is 16.0 Å². The maximum atomic E-state index is 13.0. The first-order chi connectivity index (χ1) is 16.7. The maximum absolute atomic E-state index is 13.0. The van der Waals surface area contributed by atoms with Crippen LogP contribution in [0.25, 0.3) is 0 Å². The molecule has 1 aromatic rings. The lowest BCUT2D eigenvalue weighted by Gasteiger charge is -2.27. The first kappa shape index (κ1) is 30.4. The van der Waals surface area contributed by atoms with E-state index in [0.29, 0.717) is 5.56 Å². The minimum absolute atomic E-state index is 0.0744. The van der Waals surface area contributed by atoms with Crippen LogP contribution >= 0.6 is 0 Å². The fourth-order valence-corrected chi connectivity index (χ4v) is 3.39. The van der Waals surface area contributed by atoms with Crippen molar-refractivity contribution in [2.24, 2.45) is 17.6 Å². The van der Waals surface area contributed by atoms with E-state index in [-0.39, 0.29) is 30.4 Å². The number of carbonyl (C=O) groups is 5. The van der Waals surface area contributed by atoms with Gasteiger partial charge in [-0.25, -0.2) is 4.79 Å². The van der Waals surface area contributed by atoms with Gasteiger partial charge in [-0.05, 0) is 42.4 Å². The van der Waals surface area contributed by atoms with Crippen molar-refractivity contribution in [3.63, 3.8) is 0 Å². The Morgan fingerprint density at radius 3 is 1.86 bits per heavy atom. The van der Waals surface area contributed by atoms with Crippen molar-refractivity contribution in [3.8, 4) is 5.75 Å². The fourth-order valence-electron chi connectivity index (χ4n) is 3.39. The summed E-state index contributed by atoms with van der Waals surface area (Å²) < 4.78 is 0. The second kappa shape index (κ2) is 14.0. The molecule has 8 N–H and O–H groups in total. The molecule has 0 saturated carbocycles. The second-order valence-corrected chi connectivity index (χ2v) is 9.40. The van der Waals surface area contributed by atoms with E-state index >= 15 is 0 Å². The van der Waals surface area contributed by atoms with Gasteiger partial charge in [-0.1, -0.05) is 39.8 Å². The van der Waals surface area contributed by atoms with E-state index in [4.69, 9.17) is 10.8 Å². The van der Waals surface area contributed by atoms with E-state index < -0.39 is 60.2 Å². The number of phenolic OH excluding ortho intramolecular Hbond substituents is 1. The molecule has 1 aromatic carbocycles. The number of hydrogen-bond acceptors (Lipinski definition) is 7. The number of nitrogens with one attached hydrogen (secondary N) is 3. The van der Waals surface area contributed by atoms with Gasteiger partial charge in [0.2, 0.25) is 17.7 Å². The van der Waals surface area contributed by atoms with Crippen LogP contribution in [0.3, 0.4) is 0 Å². The molecule has 0 aliphatic carbocycles. The van der Waals surface area contributed by atoms with Gasteiger partial charge in [-0.15, -0.1) is 0 Å². The summed E-state index contributed by atoms with van der Waals surface area (Å²) in [5.41, 5.74) is 6.71. The first-order valence-electron chi connectivity index (χ1n) is 11.6. The van der Waals surface area contributed by atoms with Gasteiger partial charge in [0.05, 0.1) is 12.5 Å². The molecule has 1 rings (SSSR count). The van der Waals surface area contributed by atoms with Crippen molar-refractivity contribution in [3.05, 3.63) is 29.8 Å². The van der Waals surface area contributed by atoms with Crippen LogP contribution in [-0.2, 0) is 30.4 Å².